The van der Waals surface area contributed by atoms with E-state index in [1.54, 1.807) is 36.7 Å². The molecule has 6 nitrogen and oxygen atoms in total. The topological polar surface area (TPSA) is 98.0 Å². The predicted molar refractivity (Wildman–Crippen MR) is 79.8 cm³/mol. The van der Waals surface area contributed by atoms with E-state index in [1.807, 2.05) is 13.8 Å². The van der Waals surface area contributed by atoms with Crippen LogP contribution >= 0.6 is 0 Å². The van der Waals surface area contributed by atoms with Crippen molar-refractivity contribution in [3.8, 4) is 0 Å². The van der Waals surface area contributed by atoms with E-state index in [0.717, 1.165) is 11.3 Å². The van der Waals surface area contributed by atoms with Crippen LogP contribution in [0.1, 0.15) is 29.9 Å². The smallest absolute Gasteiger partial charge is 0.240 e. The lowest BCUT2D eigenvalue weighted by molar-refractivity contribution is 0.580. The van der Waals surface area contributed by atoms with Crippen LogP contribution in [0, 0.1) is 6.92 Å². The Labute approximate surface area is 124 Å². The fraction of sp³-hybridized carbons (Fsp3) is 0.286. The first-order chi connectivity index (χ1) is 9.88. The van der Waals surface area contributed by atoms with Crippen LogP contribution in [0.25, 0.3) is 0 Å². The van der Waals surface area contributed by atoms with Crippen LogP contribution in [0.3, 0.4) is 0 Å². The highest BCUT2D eigenvalue weighted by molar-refractivity contribution is 7.89. The number of aromatic nitrogens is 2. The molecule has 0 radical (unpaired) electrons. The van der Waals surface area contributed by atoms with E-state index in [1.165, 1.54) is 0 Å². The van der Waals surface area contributed by atoms with Crippen LogP contribution in [-0.4, -0.2) is 18.4 Å². The van der Waals surface area contributed by atoms with E-state index in [-0.39, 0.29) is 17.5 Å². The maximum atomic E-state index is 12.2. The highest BCUT2D eigenvalue weighted by atomic mass is 32.2. The van der Waals surface area contributed by atoms with Gasteiger partial charge >= 0.3 is 0 Å². The van der Waals surface area contributed by atoms with E-state index < -0.39 is 10.0 Å². The Morgan fingerprint density at radius 1 is 1.19 bits per heavy atom. The Hall–Kier alpha value is -1.83. The minimum absolute atomic E-state index is 0.102. The molecule has 0 saturated heterocycles. The largest absolute Gasteiger partial charge is 0.324 e. The molecule has 3 N–H and O–H groups in total. The van der Waals surface area contributed by atoms with Crippen molar-refractivity contribution in [2.75, 3.05) is 0 Å². The Morgan fingerprint density at radius 3 is 2.38 bits per heavy atom. The summed E-state index contributed by atoms with van der Waals surface area (Å²) in [5.41, 5.74) is 7.98. The van der Waals surface area contributed by atoms with Gasteiger partial charge in [-0.05, 0) is 31.5 Å². The van der Waals surface area contributed by atoms with Crippen molar-refractivity contribution in [1.29, 1.82) is 0 Å². The SMILES string of the molecule is Cc1cnc(CNS(=O)(=O)c2ccc(C(C)N)cc2)cn1. The van der Waals surface area contributed by atoms with Crippen molar-refractivity contribution in [3.05, 3.63) is 53.6 Å². The van der Waals surface area contributed by atoms with Crippen molar-refractivity contribution in [2.45, 2.75) is 31.3 Å². The second-order valence-corrected chi connectivity index (χ2v) is 6.60. The first kappa shape index (κ1) is 15.6. The summed E-state index contributed by atoms with van der Waals surface area (Å²) in [5, 5.41) is 0. The summed E-state index contributed by atoms with van der Waals surface area (Å²) in [6.07, 6.45) is 3.15. The van der Waals surface area contributed by atoms with Crippen LogP contribution in [-0.2, 0) is 16.6 Å². The third-order valence-electron chi connectivity index (χ3n) is 2.99. The van der Waals surface area contributed by atoms with Gasteiger partial charge in [0.1, 0.15) is 0 Å². The van der Waals surface area contributed by atoms with Gasteiger partial charge in [0.15, 0.2) is 0 Å². The van der Waals surface area contributed by atoms with Crippen molar-refractivity contribution >= 4 is 10.0 Å². The van der Waals surface area contributed by atoms with Gasteiger partial charge in [0, 0.05) is 12.2 Å². The number of rotatable bonds is 5. The maximum absolute atomic E-state index is 12.2. The third kappa shape index (κ3) is 4.07. The second-order valence-electron chi connectivity index (χ2n) is 4.83. The number of benzene rings is 1. The average Bonchev–Trinajstić information content (AvgIpc) is 2.47. The van der Waals surface area contributed by atoms with E-state index >= 15 is 0 Å². The summed E-state index contributed by atoms with van der Waals surface area (Å²) in [6, 6.07) is 6.39. The Bertz CT molecular complexity index is 695. The monoisotopic (exact) mass is 306 g/mol. The molecule has 1 aromatic heterocycles. The molecule has 0 amide bonds. The number of hydrogen-bond donors (Lipinski definition) is 2. The molecule has 1 aromatic carbocycles. The standard InChI is InChI=1S/C14H18N4O2S/c1-10-7-17-13(8-16-10)9-18-21(19,20)14-5-3-12(4-6-14)11(2)15/h3-8,11,18H,9,15H2,1-2H3. The van der Waals surface area contributed by atoms with Crippen LogP contribution in [0.4, 0.5) is 0 Å². The fourth-order valence-corrected chi connectivity index (χ4v) is 2.71. The number of sulfonamides is 1. The van der Waals surface area contributed by atoms with Crippen molar-refractivity contribution in [3.63, 3.8) is 0 Å². The van der Waals surface area contributed by atoms with E-state index in [2.05, 4.69) is 14.7 Å². The van der Waals surface area contributed by atoms with Gasteiger partial charge in [-0.25, -0.2) is 13.1 Å². The molecular weight excluding hydrogens is 288 g/mol. The molecule has 7 heteroatoms. The minimum atomic E-state index is -3.57. The molecule has 0 bridgehead atoms. The van der Waals surface area contributed by atoms with E-state index in [9.17, 15) is 8.42 Å². The molecule has 1 unspecified atom stereocenters. The van der Waals surface area contributed by atoms with Gasteiger partial charge in [-0.3, -0.25) is 9.97 Å². The second kappa shape index (κ2) is 6.30. The van der Waals surface area contributed by atoms with Gasteiger partial charge in [-0.15, -0.1) is 0 Å². The number of nitrogens with two attached hydrogens (primary N) is 1. The zero-order valence-electron chi connectivity index (χ0n) is 11.9. The minimum Gasteiger partial charge on any atom is -0.324 e. The van der Waals surface area contributed by atoms with Crippen LogP contribution in [0.2, 0.25) is 0 Å². The summed E-state index contributed by atoms with van der Waals surface area (Å²) in [6.45, 7) is 3.77. The molecule has 0 aliphatic heterocycles. The molecule has 0 fully saturated rings. The molecular formula is C14H18N4O2S. The van der Waals surface area contributed by atoms with Gasteiger partial charge in [0.2, 0.25) is 10.0 Å². The molecule has 2 aromatic rings. The van der Waals surface area contributed by atoms with Gasteiger partial charge in [0.25, 0.3) is 0 Å². The summed E-state index contributed by atoms with van der Waals surface area (Å²) in [4.78, 5) is 8.38. The highest BCUT2D eigenvalue weighted by Gasteiger charge is 2.14. The lowest BCUT2D eigenvalue weighted by Gasteiger charge is -2.09. The zero-order valence-corrected chi connectivity index (χ0v) is 12.8. The van der Waals surface area contributed by atoms with Gasteiger partial charge in [-0.1, -0.05) is 12.1 Å². The zero-order chi connectivity index (χ0) is 15.5. The Morgan fingerprint density at radius 2 is 1.86 bits per heavy atom. The summed E-state index contributed by atoms with van der Waals surface area (Å²) < 4.78 is 26.8. The number of aryl methyl sites for hydroxylation is 1. The number of hydrogen-bond acceptors (Lipinski definition) is 5. The number of nitrogens with zero attached hydrogens (tertiary/aromatic N) is 2. The third-order valence-corrected chi connectivity index (χ3v) is 4.41. The predicted octanol–water partition coefficient (Wildman–Crippen LogP) is 1.28. The molecule has 21 heavy (non-hydrogen) atoms. The quantitative estimate of drug-likeness (QED) is 0.867. The van der Waals surface area contributed by atoms with Crippen LogP contribution in [0.5, 0.6) is 0 Å². The molecule has 0 aliphatic carbocycles. The van der Waals surface area contributed by atoms with Gasteiger partial charge in [-0.2, -0.15) is 0 Å². The molecule has 112 valence electrons. The maximum Gasteiger partial charge on any atom is 0.240 e. The van der Waals surface area contributed by atoms with Crippen molar-refractivity contribution < 1.29 is 8.42 Å². The molecule has 0 spiro atoms. The highest BCUT2D eigenvalue weighted by Crippen LogP contribution is 2.14. The van der Waals surface area contributed by atoms with Crippen molar-refractivity contribution in [1.82, 2.24) is 14.7 Å². The first-order valence-corrected chi connectivity index (χ1v) is 7.99. The Balaban J connectivity index is 2.09. The summed E-state index contributed by atoms with van der Waals surface area (Å²) in [5.74, 6) is 0. The number of nitrogens with one attached hydrogen (secondary N) is 1. The normalized spacial score (nSPS) is 13.1. The first-order valence-electron chi connectivity index (χ1n) is 6.51. The molecule has 1 heterocycles. The average molecular weight is 306 g/mol. The molecule has 0 aliphatic rings. The molecule has 2 rings (SSSR count). The van der Waals surface area contributed by atoms with Gasteiger partial charge in [0.05, 0.1) is 29.0 Å². The lowest BCUT2D eigenvalue weighted by Crippen LogP contribution is -2.24. The van der Waals surface area contributed by atoms with Crippen LogP contribution in [0.15, 0.2) is 41.6 Å². The summed E-state index contributed by atoms with van der Waals surface area (Å²) >= 11 is 0. The molecule has 1 atom stereocenters. The van der Waals surface area contributed by atoms with E-state index in [4.69, 9.17) is 5.73 Å². The van der Waals surface area contributed by atoms with Gasteiger partial charge < -0.3 is 5.73 Å². The summed E-state index contributed by atoms with van der Waals surface area (Å²) in [7, 11) is -3.57. The Kier molecular flexibility index (Phi) is 4.66. The van der Waals surface area contributed by atoms with E-state index in [0.29, 0.717) is 5.69 Å². The van der Waals surface area contributed by atoms with Crippen LogP contribution < -0.4 is 10.5 Å². The lowest BCUT2D eigenvalue weighted by atomic mass is 10.1. The molecule has 0 saturated carbocycles. The fourth-order valence-electron chi connectivity index (χ4n) is 1.71. The van der Waals surface area contributed by atoms with Crippen molar-refractivity contribution in [2.24, 2.45) is 5.73 Å².